The van der Waals surface area contributed by atoms with Crippen LogP contribution >= 0.6 is 11.8 Å². The largest absolute Gasteiger partial charge is 0.326 e. The molecule has 0 radical (unpaired) electrons. The molecule has 4 rings (SSSR count). The van der Waals surface area contributed by atoms with Crippen molar-refractivity contribution in [3.05, 3.63) is 95.6 Å². The summed E-state index contributed by atoms with van der Waals surface area (Å²) in [5, 5.41) is 2.88. The van der Waals surface area contributed by atoms with Crippen LogP contribution in [0, 0.1) is 6.92 Å². The molecule has 1 atom stereocenters. The van der Waals surface area contributed by atoms with Crippen LogP contribution in [-0.2, 0) is 16.0 Å². The van der Waals surface area contributed by atoms with Crippen molar-refractivity contribution < 1.29 is 9.59 Å². The average Bonchev–Trinajstić information content (AvgIpc) is 3.11. The molecular formula is C24H22N2O2S. The van der Waals surface area contributed by atoms with Crippen LogP contribution in [0.2, 0.25) is 0 Å². The molecular weight excluding hydrogens is 380 g/mol. The van der Waals surface area contributed by atoms with E-state index in [-0.39, 0.29) is 17.2 Å². The standard InChI is InChI=1S/C24H22N2O2S/c1-17-6-5-9-21(14-17)26-23(28)16-29-24(26)19-10-12-20(13-11-19)25-22(27)15-18-7-3-2-4-8-18/h2-14,24H,15-16H2,1H3,(H,25,27). The molecule has 5 heteroatoms. The third-order valence-corrected chi connectivity index (χ3v) is 6.05. The van der Waals surface area contributed by atoms with Gasteiger partial charge in [-0.3, -0.25) is 14.5 Å². The van der Waals surface area contributed by atoms with Gasteiger partial charge < -0.3 is 5.32 Å². The van der Waals surface area contributed by atoms with Crippen LogP contribution in [0.15, 0.2) is 78.9 Å². The Bertz CT molecular complexity index is 1020. The molecule has 1 saturated heterocycles. The highest BCUT2D eigenvalue weighted by Gasteiger charge is 2.34. The first-order valence-electron chi connectivity index (χ1n) is 9.54. The monoisotopic (exact) mass is 402 g/mol. The number of nitrogens with zero attached hydrogens (tertiary/aromatic N) is 1. The zero-order valence-corrected chi connectivity index (χ0v) is 17.0. The van der Waals surface area contributed by atoms with Gasteiger partial charge in [0, 0.05) is 11.4 Å². The zero-order chi connectivity index (χ0) is 20.2. The molecule has 0 bridgehead atoms. The van der Waals surface area contributed by atoms with E-state index >= 15 is 0 Å². The Morgan fingerprint density at radius 3 is 2.52 bits per heavy atom. The Kier molecular flexibility index (Phi) is 5.67. The smallest absolute Gasteiger partial charge is 0.238 e. The van der Waals surface area contributed by atoms with Gasteiger partial charge in [0.05, 0.1) is 12.2 Å². The number of thioether (sulfide) groups is 1. The van der Waals surface area contributed by atoms with Crippen molar-refractivity contribution >= 4 is 35.0 Å². The number of anilines is 2. The lowest BCUT2D eigenvalue weighted by Crippen LogP contribution is -2.27. The highest BCUT2D eigenvalue weighted by atomic mass is 32.2. The van der Waals surface area contributed by atoms with E-state index in [0.29, 0.717) is 12.2 Å². The number of hydrogen-bond acceptors (Lipinski definition) is 3. The first-order chi connectivity index (χ1) is 14.1. The second kappa shape index (κ2) is 8.53. The van der Waals surface area contributed by atoms with E-state index in [1.54, 1.807) is 11.8 Å². The van der Waals surface area contributed by atoms with Gasteiger partial charge in [-0.2, -0.15) is 0 Å². The molecule has 1 fully saturated rings. The lowest BCUT2D eigenvalue weighted by Gasteiger charge is -2.25. The number of benzene rings is 3. The van der Waals surface area contributed by atoms with Gasteiger partial charge >= 0.3 is 0 Å². The Morgan fingerprint density at radius 2 is 1.79 bits per heavy atom. The average molecular weight is 403 g/mol. The molecule has 0 spiro atoms. The highest BCUT2D eigenvalue weighted by Crippen LogP contribution is 2.42. The van der Waals surface area contributed by atoms with Crippen LogP contribution in [0.1, 0.15) is 22.1 Å². The van der Waals surface area contributed by atoms with Gasteiger partial charge in [0.2, 0.25) is 11.8 Å². The van der Waals surface area contributed by atoms with Crippen molar-refractivity contribution in [2.75, 3.05) is 16.0 Å². The molecule has 1 aliphatic heterocycles. The number of nitrogens with one attached hydrogen (secondary N) is 1. The van der Waals surface area contributed by atoms with Crippen molar-refractivity contribution in [1.29, 1.82) is 0 Å². The Balaban J connectivity index is 1.47. The van der Waals surface area contributed by atoms with E-state index in [1.165, 1.54) is 0 Å². The van der Waals surface area contributed by atoms with Crippen LogP contribution in [0.5, 0.6) is 0 Å². The van der Waals surface area contributed by atoms with Crippen molar-refractivity contribution in [1.82, 2.24) is 0 Å². The van der Waals surface area contributed by atoms with E-state index in [0.717, 1.165) is 28.1 Å². The van der Waals surface area contributed by atoms with Crippen LogP contribution in [0.3, 0.4) is 0 Å². The summed E-state index contributed by atoms with van der Waals surface area (Å²) in [5.41, 5.74) is 4.83. The topological polar surface area (TPSA) is 49.4 Å². The fraction of sp³-hybridized carbons (Fsp3) is 0.167. The molecule has 1 unspecified atom stereocenters. The lowest BCUT2D eigenvalue weighted by molar-refractivity contribution is -0.116. The molecule has 0 saturated carbocycles. The Labute approximate surface area is 174 Å². The normalized spacial score (nSPS) is 16.1. The van der Waals surface area contributed by atoms with E-state index in [2.05, 4.69) is 5.32 Å². The molecule has 3 aromatic rings. The second-order valence-electron chi connectivity index (χ2n) is 7.10. The van der Waals surface area contributed by atoms with Gasteiger partial charge in [-0.05, 0) is 47.9 Å². The van der Waals surface area contributed by atoms with E-state index in [1.807, 2.05) is 90.7 Å². The van der Waals surface area contributed by atoms with Gasteiger partial charge in [-0.1, -0.05) is 54.6 Å². The van der Waals surface area contributed by atoms with Crippen molar-refractivity contribution in [2.45, 2.75) is 18.7 Å². The zero-order valence-electron chi connectivity index (χ0n) is 16.2. The molecule has 4 nitrogen and oxygen atoms in total. The molecule has 146 valence electrons. The fourth-order valence-corrected chi connectivity index (χ4v) is 4.62. The van der Waals surface area contributed by atoms with Gasteiger partial charge in [0.25, 0.3) is 0 Å². The third kappa shape index (κ3) is 4.51. The minimum Gasteiger partial charge on any atom is -0.326 e. The van der Waals surface area contributed by atoms with Gasteiger partial charge in [0.1, 0.15) is 5.37 Å². The predicted molar refractivity (Wildman–Crippen MR) is 119 cm³/mol. The van der Waals surface area contributed by atoms with Gasteiger partial charge in [-0.25, -0.2) is 0 Å². The number of aryl methyl sites for hydroxylation is 1. The fourth-order valence-electron chi connectivity index (χ4n) is 3.45. The van der Waals surface area contributed by atoms with Crippen molar-refractivity contribution in [3.8, 4) is 0 Å². The molecule has 2 amide bonds. The molecule has 1 aliphatic rings. The first kappa shape index (κ1) is 19.3. The number of hydrogen-bond donors (Lipinski definition) is 1. The second-order valence-corrected chi connectivity index (χ2v) is 8.17. The minimum absolute atomic E-state index is 0.0456. The molecule has 0 aliphatic carbocycles. The van der Waals surface area contributed by atoms with Crippen molar-refractivity contribution in [2.24, 2.45) is 0 Å². The summed E-state index contributed by atoms with van der Waals surface area (Å²) in [7, 11) is 0. The molecule has 0 aromatic heterocycles. The van der Waals surface area contributed by atoms with E-state index in [4.69, 9.17) is 0 Å². The first-order valence-corrected chi connectivity index (χ1v) is 10.6. The summed E-state index contributed by atoms with van der Waals surface area (Å²) in [4.78, 5) is 26.6. The summed E-state index contributed by atoms with van der Waals surface area (Å²) in [5.74, 6) is 0.537. The summed E-state index contributed by atoms with van der Waals surface area (Å²) in [6, 6.07) is 25.5. The third-order valence-electron chi connectivity index (χ3n) is 4.83. The van der Waals surface area contributed by atoms with Crippen LogP contribution in [0.4, 0.5) is 11.4 Å². The molecule has 29 heavy (non-hydrogen) atoms. The lowest BCUT2D eigenvalue weighted by atomic mass is 10.1. The minimum atomic E-state index is -0.0571. The maximum absolute atomic E-state index is 12.5. The van der Waals surface area contributed by atoms with Crippen LogP contribution < -0.4 is 10.2 Å². The summed E-state index contributed by atoms with van der Waals surface area (Å²) < 4.78 is 0. The molecule has 1 heterocycles. The van der Waals surface area contributed by atoms with Gasteiger partial charge in [0.15, 0.2) is 0 Å². The van der Waals surface area contributed by atoms with Crippen molar-refractivity contribution in [3.63, 3.8) is 0 Å². The maximum atomic E-state index is 12.5. The number of carbonyl (C=O) groups excluding carboxylic acids is 2. The van der Waals surface area contributed by atoms with E-state index < -0.39 is 0 Å². The molecule has 1 N–H and O–H groups in total. The Hall–Kier alpha value is -3.05. The SMILES string of the molecule is Cc1cccc(N2C(=O)CSC2c2ccc(NC(=O)Cc3ccccc3)cc2)c1. The molecule has 3 aromatic carbocycles. The quantitative estimate of drug-likeness (QED) is 0.657. The predicted octanol–water partition coefficient (Wildman–Crippen LogP) is 4.95. The van der Waals surface area contributed by atoms with Crippen LogP contribution in [0.25, 0.3) is 0 Å². The summed E-state index contributed by atoms with van der Waals surface area (Å²) in [6.07, 6.45) is 0.344. The summed E-state index contributed by atoms with van der Waals surface area (Å²) >= 11 is 1.62. The number of carbonyl (C=O) groups is 2. The Morgan fingerprint density at radius 1 is 1.03 bits per heavy atom. The summed E-state index contributed by atoms with van der Waals surface area (Å²) in [6.45, 7) is 2.03. The maximum Gasteiger partial charge on any atom is 0.238 e. The van der Waals surface area contributed by atoms with Crippen LogP contribution in [-0.4, -0.2) is 17.6 Å². The number of rotatable bonds is 5. The highest BCUT2D eigenvalue weighted by molar-refractivity contribution is 8.00. The number of amides is 2. The van der Waals surface area contributed by atoms with Gasteiger partial charge in [-0.15, -0.1) is 11.8 Å². The van der Waals surface area contributed by atoms with E-state index in [9.17, 15) is 9.59 Å².